The molecule has 0 radical (unpaired) electrons. The van der Waals surface area contributed by atoms with Crippen LogP contribution < -0.4 is 0 Å². The van der Waals surface area contributed by atoms with Crippen LogP contribution in [-0.2, 0) is 0 Å². The Hall–Kier alpha value is 0.440. The van der Waals surface area contributed by atoms with Gasteiger partial charge in [0.15, 0.2) is 0 Å². The van der Waals surface area contributed by atoms with E-state index in [4.69, 9.17) is 0 Å². The summed E-state index contributed by atoms with van der Waals surface area (Å²) in [5, 5.41) is 0.527. The smallest absolute Gasteiger partial charge is 0.0205 e. The first-order valence-corrected chi connectivity index (χ1v) is 5.14. The Labute approximate surface area is 79.3 Å². The van der Waals surface area contributed by atoms with E-state index in [2.05, 4.69) is 38.3 Å². The summed E-state index contributed by atoms with van der Waals surface area (Å²) in [6.45, 7) is 2.24. The number of rotatable bonds is 0. The largest absolute Gasteiger partial charge is 0.172 e. The van der Waals surface area contributed by atoms with Gasteiger partial charge in [-0.25, -0.2) is 0 Å². The Balaban J connectivity index is 2.17. The van der Waals surface area contributed by atoms with E-state index in [9.17, 15) is 0 Å². The SMILES string of the molecule is CC1(S)CC2=CC(S)CC2C1. The van der Waals surface area contributed by atoms with Gasteiger partial charge in [-0.3, -0.25) is 0 Å². The normalized spacial score (nSPS) is 49.2. The molecule has 0 nitrogen and oxygen atoms in total. The zero-order valence-electron chi connectivity index (χ0n) is 6.75. The molecule has 2 aliphatic rings. The topological polar surface area (TPSA) is 0 Å². The average molecular weight is 186 g/mol. The maximum absolute atomic E-state index is 4.62. The van der Waals surface area contributed by atoms with Crippen molar-refractivity contribution in [3.63, 3.8) is 0 Å². The number of allylic oxidation sites excluding steroid dienone is 1. The third-order valence-corrected chi connectivity index (χ3v) is 3.43. The van der Waals surface area contributed by atoms with Gasteiger partial charge < -0.3 is 0 Å². The van der Waals surface area contributed by atoms with Crippen molar-refractivity contribution >= 4 is 25.3 Å². The molecule has 2 rings (SSSR count). The monoisotopic (exact) mass is 186 g/mol. The second kappa shape index (κ2) is 2.46. The Morgan fingerprint density at radius 3 is 3.00 bits per heavy atom. The highest BCUT2D eigenvalue weighted by atomic mass is 32.1. The van der Waals surface area contributed by atoms with Crippen LogP contribution in [0.4, 0.5) is 0 Å². The lowest BCUT2D eigenvalue weighted by Crippen LogP contribution is -2.11. The summed E-state index contributed by atoms with van der Waals surface area (Å²) in [5.41, 5.74) is 1.61. The highest BCUT2D eigenvalue weighted by molar-refractivity contribution is 7.81. The minimum Gasteiger partial charge on any atom is -0.172 e. The van der Waals surface area contributed by atoms with Gasteiger partial charge in [-0.1, -0.05) is 18.6 Å². The van der Waals surface area contributed by atoms with Gasteiger partial charge in [0.05, 0.1) is 0 Å². The molecule has 0 aromatic heterocycles. The lowest BCUT2D eigenvalue weighted by molar-refractivity contribution is 0.561. The van der Waals surface area contributed by atoms with Crippen LogP contribution in [-0.4, -0.2) is 10.00 Å². The van der Waals surface area contributed by atoms with Crippen molar-refractivity contribution < 1.29 is 0 Å². The van der Waals surface area contributed by atoms with E-state index in [0.717, 1.165) is 5.92 Å². The molecule has 3 atom stereocenters. The van der Waals surface area contributed by atoms with Crippen molar-refractivity contribution in [1.29, 1.82) is 0 Å². The first-order valence-electron chi connectivity index (χ1n) is 4.18. The summed E-state index contributed by atoms with van der Waals surface area (Å²) in [6.07, 6.45) is 6.00. The summed E-state index contributed by atoms with van der Waals surface area (Å²) in [6, 6.07) is 0. The summed E-state index contributed by atoms with van der Waals surface area (Å²) < 4.78 is 0.268. The molecule has 11 heavy (non-hydrogen) atoms. The fourth-order valence-corrected chi connectivity index (χ4v) is 3.20. The van der Waals surface area contributed by atoms with Crippen LogP contribution in [0.25, 0.3) is 0 Å². The van der Waals surface area contributed by atoms with E-state index in [1.165, 1.54) is 19.3 Å². The minimum atomic E-state index is 0.268. The Morgan fingerprint density at radius 1 is 1.64 bits per heavy atom. The molecule has 62 valence electrons. The molecule has 2 aliphatic carbocycles. The summed E-state index contributed by atoms with van der Waals surface area (Å²) >= 11 is 9.07. The Bertz CT molecular complexity index is 206. The third kappa shape index (κ3) is 1.48. The molecule has 0 N–H and O–H groups in total. The first kappa shape index (κ1) is 8.06. The summed E-state index contributed by atoms with van der Waals surface area (Å²) in [7, 11) is 0. The van der Waals surface area contributed by atoms with Crippen LogP contribution >= 0.6 is 25.3 Å². The van der Waals surface area contributed by atoms with Gasteiger partial charge in [0, 0.05) is 10.00 Å². The van der Waals surface area contributed by atoms with E-state index in [1.807, 2.05) is 0 Å². The molecule has 0 heterocycles. The van der Waals surface area contributed by atoms with Gasteiger partial charge in [-0.15, -0.1) is 0 Å². The van der Waals surface area contributed by atoms with Crippen molar-refractivity contribution in [2.75, 3.05) is 0 Å². The number of hydrogen-bond donors (Lipinski definition) is 2. The van der Waals surface area contributed by atoms with Gasteiger partial charge in [0.25, 0.3) is 0 Å². The van der Waals surface area contributed by atoms with Gasteiger partial charge in [-0.05, 0) is 25.2 Å². The Kier molecular flexibility index (Phi) is 1.80. The number of thiol groups is 2. The van der Waals surface area contributed by atoms with Crippen LogP contribution in [0.5, 0.6) is 0 Å². The van der Waals surface area contributed by atoms with E-state index >= 15 is 0 Å². The van der Waals surface area contributed by atoms with E-state index in [1.54, 1.807) is 5.57 Å². The van der Waals surface area contributed by atoms with Crippen molar-refractivity contribution in [1.82, 2.24) is 0 Å². The molecule has 0 bridgehead atoms. The van der Waals surface area contributed by atoms with Crippen LogP contribution in [0.3, 0.4) is 0 Å². The molecular formula is C9H14S2. The van der Waals surface area contributed by atoms with Crippen LogP contribution in [0.15, 0.2) is 11.6 Å². The standard InChI is InChI=1S/C9H14S2/c1-9(11)4-6-2-8(10)3-7(6)5-9/h2,7-8,10-11H,3-5H2,1H3. The molecule has 3 unspecified atom stereocenters. The Morgan fingerprint density at radius 2 is 2.36 bits per heavy atom. The van der Waals surface area contributed by atoms with Crippen LogP contribution in [0.2, 0.25) is 0 Å². The molecule has 0 saturated heterocycles. The van der Waals surface area contributed by atoms with E-state index in [0.29, 0.717) is 5.25 Å². The van der Waals surface area contributed by atoms with Gasteiger partial charge in [0.2, 0.25) is 0 Å². The average Bonchev–Trinajstić information content (AvgIpc) is 2.17. The first-order chi connectivity index (χ1) is 5.07. The zero-order valence-corrected chi connectivity index (χ0v) is 8.54. The van der Waals surface area contributed by atoms with Crippen molar-refractivity contribution in [3.05, 3.63) is 11.6 Å². The lowest BCUT2D eigenvalue weighted by Gasteiger charge is -2.16. The molecule has 1 saturated carbocycles. The summed E-state index contributed by atoms with van der Waals surface area (Å²) in [4.78, 5) is 0. The van der Waals surface area contributed by atoms with Crippen molar-refractivity contribution in [3.8, 4) is 0 Å². The summed E-state index contributed by atoms with van der Waals surface area (Å²) in [5.74, 6) is 0.806. The predicted molar refractivity (Wildman–Crippen MR) is 55.6 cm³/mol. The van der Waals surface area contributed by atoms with Gasteiger partial charge in [-0.2, -0.15) is 25.3 Å². The van der Waals surface area contributed by atoms with Gasteiger partial charge >= 0.3 is 0 Å². The molecule has 0 aliphatic heterocycles. The molecule has 1 fully saturated rings. The second-order valence-electron chi connectivity index (χ2n) is 4.12. The van der Waals surface area contributed by atoms with Crippen LogP contribution in [0, 0.1) is 5.92 Å². The highest BCUT2D eigenvalue weighted by Gasteiger charge is 2.39. The van der Waals surface area contributed by atoms with Crippen LogP contribution in [0.1, 0.15) is 26.2 Å². The molecule has 0 aromatic rings. The fraction of sp³-hybridized carbons (Fsp3) is 0.778. The quantitative estimate of drug-likeness (QED) is 0.422. The van der Waals surface area contributed by atoms with E-state index in [-0.39, 0.29) is 4.75 Å². The molecular weight excluding hydrogens is 172 g/mol. The maximum atomic E-state index is 4.62. The van der Waals surface area contributed by atoms with Gasteiger partial charge in [0.1, 0.15) is 0 Å². The second-order valence-corrected chi connectivity index (χ2v) is 5.86. The molecule has 0 amide bonds. The molecule has 0 aromatic carbocycles. The third-order valence-electron chi connectivity index (χ3n) is 2.73. The minimum absolute atomic E-state index is 0.268. The molecule has 2 heteroatoms. The lowest BCUT2D eigenvalue weighted by atomic mass is 10.0. The number of hydrogen-bond acceptors (Lipinski definition) is 2. The highest BCUT2D eigenvalue weighted by Crippen LogP contribution is 2.48. The number of fused-ring (bicyclic) bond motifs is 1. The van der Waals surface area contributed by atoms with Crippen molar-refractivity contribution in [2.45, 2.75) is 36.2 Å². The van der Waals surface area contributed by atoms with E-state index < -0.39 is 0 Å². The molecule has 0 spiro atoms. The fourth-order valence-electron chi connectivity index (χ4n) is 2.35. The van der Waals surface area contributed by atoms with Crippen molar-refractivity contribution in [2.24, 2.45) is 5.92 Å². The zero-order chi connectivity index (χ0) is 8.06. The predicted octanol–water partition coefficient (Wildman–Crippen LogP) is 2.71. The maximum Gasteiger partial charge on any atom is 0.0205 e.